The minimum Gasteiger partial charge on any atom is -0.452 e. The lowest BCUT2D eigenvalue weighted by atomic mass is 9.98. The summed E-state index contributed by atoms with van der Waals surface area (Å²) in [6, 6.07) is -6.85. The Morgan fingerprint density at radius 2 is 1.09 bits per heavy atom. The molecule has 4 fully saturated rings. The molecule has 5 heterocycles. The number of carbonyl (C=O) groups excluding carboxylic acids is 12. The molecule has 2 aromatic rings. The molecule has 0 saturated carbocycles. The number of carbonyl (C=O) groups is 12. The maximum Gasteiger partial charge on any atom is 0.355 e. The summed E-state index contributed by atoms with van der Waals surface area (Å²) in [6.07, 6.45) is -3.51. The average Bonchev–Trinajstić information content (AvgIpc) is 0.916. The first-order valence-electron chi connectivity index (χ1n) is 34.0. The summed E-state index contributed by atoms with van der Waals surface area (Å²) in [5.41, 5.74) is 1.94. The van der Waals surface area contributed by atoms with E-state index >= 15 is 28.8 Å². The average molecular weight is 1460 g/mol. The van der Waals surface area contributed by atoms with Gasteiger partial charge in [-0.1, -0.05) is 84.7 Å². The zero-order valence-corrected chi connectivity index (χ0v) is 61.1. The maximum atomic E-state index is 16.5. The highest BCUT2D eigenvalue weighted by Gasteiger charge is 2.49. The molecular formula is C69H91Cl2N13O18. The fourth-order valence-corrected chi connectivity index (χ4v) is 13.7. The Morgan fingerprint density at radius 1 is 0.627 bits per heavy atom. The van der Waals surface area contributed by atoms with Crippen LogP contribution in [0.25, 0.3) is 22.6 Å². The molecule has 5 aliphatic heterocycles. The van der Waals surface area contributed by atoms with Crippen molar-refractivity contribution in [1.29, 1.82) is 0 Å². The number of amides is 10. The number of nitrogens with two attached hydrogens (primary N) is 1. The van der Waals surface area contributed by atoms with Crippen molar-refractivity contribution in [2.45, 2.75) is 189 Å². The molecule has 0 aromatic heterocycles. The van der Waals surface area contributed by atoms with E-state index in [4.69, 9.17) is 48.0 Å². The van der Waals surface area contributed by atoms with Crippen LogP contribution in [0.2, 0.25) is 10.0 Å². The van der Waals surface area contributed by atoms with E-state index in [2.05, 4.69) is 26.6 Å². The van der Waals surface area contributed by atoms with Crippen LogP contribution in [0.15, 0.2) is 33.5 Å². The second-order valence-corrected chi connectivity index (χ2v) is 28.6. The molecule has 0 spiro atoms. The number of aromatic nitrogens is 1. The van der Waals surface area contributed by atoms with Gasteiger partial charge in [-0.25, -0.2) is 14.6 Å². The number of hydrogen-bond donors (Lipinski definition) is 8. The van der Waals surface area contributed by atoms with Crippen LogP contribution in [-0.4, -0.2) is 217 Å². The number of aryl methyl sites for hydroxylation is 1. The molecule has 6 aliphatic rings. The van der Waals surface area contributed by atoms with Gasteiger partial charge in [-0.15, -0.1) is 0 Å². The Balaban J connectivity index is 1.40. The van der Waals surface area contributed by atoms with Gasteiger partial charge >= 0.3 is 11.9 Å². The van der Waals surface area contributed by atoms with Crippen LogP contribution in [0.3, 0.4) is 0 Å². The fraction of sp³-hybridized carbons (Fsp3) is 0.565. The lowest BCUT2D eigenvalue weighted by Gasteiger charge is -2.36. The Labute approximate surface area is 599 Å². The number of hydrogen-bond acceptors (Lipinski definition) is 21. The van der Waals surface area contributed by atoms with Crippen molar-refractivity contribution in [1.82, 2.24) is 56.0 Å². The predicted octanol–water partition coefficient (Wildman–Crippen LogP) is 2.98. The van der Waals surface area contributed by atoms with Crippen LogP contribution in [0.4, 0.5) is 11.4 Å². The third-order valence-electron chi connectivity index (χ3n) is 19.0. The molecular weight excluding hydrogens is 1370 g/mol. The number of aliphatic hydroxyl groups is 2. The van der Waals surface area contributed by atoms with Crippen LogP contribution < -0.4 is 37.7 Å². The van der Waals surface area contributed by atoms with E-state index in [1.807, 2.05) is 0 Å². The summed E-state index contributed by atoms with van der Waals surface area (Å²) in [4.78, 5) is 214. The van der Waals surface area contributed by atoms with Crippen molar-refractivity contribution in [3.8, 4) is 11.5 Å². The first-order valence-corrected chi connectivity index (χ1v) is 34.8. The third-order valence-corrected chi connectivity index (χ3v) is 19.7. The molecule has 10 atom stereocenters. The maximum absolute atomic E-state index is 16.5. The van der Waals surface area contributed by atoms with E-state index in [0.717, 1.165) is 23.6 Å². The van der Waals surface area contributed by atoms with Crippen LogP contribution in [0.1, 0.15) is 145 Å². The highest BCUT2D eigenvalue weighted by molar-refractivity contribution is 6.42. The lowest BCUT2D eigenvalue weighted by molar-refractivity contribution is -0.201. The van der Waals surface area contributed by atoms with E-state index in [9.17, 15) is 43.8 Å². The van der Waals surface area contributed by atoms with Gasteiger partial charge in [0, 0.05) is 76.5 Å². The minimum absolute atomic E-state index is 0.0533. The molecule has 33 heteroatoms. The van der Waals surface area contributed by atoms with Crippen LogP contribution in [0.5, 0.6) is 0 Å². The van der Waals surface area contributed by atoms with Crippen molar-refractivity contribution in [2.75, 3.05) is 51.3 Å². The molecule has 0 bridgehead atoms. The van der Waals surface area contributed by atoms with Gasteiger partial charge in [0.25, 0.3) is 11.8 Å². The second kappa shape index (κ2) is 32.4. The summed E-state index contributed by atoms with van der Waals surface area (Å²) < 4.78 is 6.70. The number of rotatable bonds is 11. The molecule has 2 aromatic carbocycles. The summed E-state index contributed by atoms with van der Waals surface area (Å²) in [6.45, 7) is 17.2. The zero-order chi connectivity index (χ0) is 75.5. The summed E-state index contributed by atoms with van der Waals surface area (Å²) in [7, 11) is 2.55. The van der Waals surface area contributed by atoms with Crippen molar-refractivity contribution >= 4 is 117 Å². The summed E-state index contributed by atoms with van der Waals surface area (Å²) >= 11 is 12.7. The monoisotopic (exact) mass is 1460 g/mol. The Hall–Kier alpha value is -9.20. The van der Waals surface area contributed by atoms with Gasteiger partial charge in [0.05, 0.1) is 39.1 Å². The van der Waals surface area contributed by atoms with Crippen LogP contribution in [0, 0.1) is 37.5 Å². The quantitative estimate of drug-likeness (QED) is 0.0790. The third kappa shape index (κ3) is 16.2. The van der Waals surface area contributed by atoms with E-state index in [-0.39, 0.29) is 101 Å². The number of likely N-dealkylation sites (N-methyl/N-ethyl adjacent to an activating group) is 2. The minimum atomic E-state index is -2.37. The number of nitrogens with zero attached hydrogens (tertiary/aromatic N) is 7. The fourth-order valence-electron chi connectivity index (χ4n) is 13.4. The highest BCUT2D eigenvalue weighted by Crippen LogP contribution is 2.39. The van der Waals surface area contributed by atoms with Gasteiger partial charge in [0.2, 0.25) is 52.7 Å². The molecule has 554 valence electrons. The van der Waals surface area contributed by atoms with Crippen molar-refractivity contribution in [2.24, 2.45) is 23.7 Å². The number of fused-ring (bicyclic) bond motifs is 4. The van der Waals surface area contributed by atoms with Gasteiger partial charge in [0.15, 0.2) is 23.4 Å². The summed E-state index contributed by atoms with van der Waals surface area (Å²) in [5.74, 6) is -15.9. The number of hydroxylamine groups is 4. The molecule has 0 unspecified atom stereocenters. The van der Waals surface area contributed by atoms with Gasteiger partial charge in [-0.05, 0) is 101 Å². The van der Waals surface area contributed by atoms with Gasteiger partial charge < -0.3 is 76.2 Å². The number of anilines is 2. The first-order chi connectivity index (χ1) is 47.9. The Morgan fingerprint density at radius 3 is 1.52 bits per heavy atom. The van der Waals surface area contributed by atoms with Gasteiger partial charge in [-0.3, -0.25) is 52.7 Å². The lowest BCUT2D eigenvalue weighted by Crippen LogP contribution is -2.61. The molecule has 8 rings (SSSR count). The standard InChI is InChI=1S/C69H91Cl2N13O18/c1-30(2)49-66(96)81-25-15-17-43(81)60(90)73-23-21-45(87)79(13)53(32(5)6)68(98)101-83(55(36(11)85)62(92)77-49)64(94)39-28-42(75-29-38-19-20-40(70)41(71)27-38)34(9)58-51(39)76-52-47(48(72)57(89)35(10)59(52)100-58)65(95)84-56(37(12)86)63(93)78-50(31(3)4)67(97)82-26-16-18-44(82)61(91)74-24-22-46(88)80(14)54(33(7)8)69(99)102-84/h19-20,27-28,30-33,36-37,43-44,49-50,53-56,75,85-86H,15-18,21-26,29,72H2,1-14H3,(H,73,90)(H,74,91)(H,77,92)(H,78,93)/t36-,37-,43+,44+,49+,50+,53+,54+,55+,56+/m1/s1. The van der Waals surface area contributed by atoms with Gasteiger partial charge in [-0.2, -0.15) is 10.1 Å². The summed E-state index contributed by atoms with van der Waals surface area (Å²) in [5, 5.41) is 38.5. The second-order valence-electron chi connectivity index (χ2n) is 27.8. The Bertz CT molecular complexity index is 4010. The van der Waals surface area contributed by atoms with Crippen LogP contribution >= 0.6 is 23.2 Å². The number of halogens is 2. The SMILES string of the molecule is Cc1c2oc3c(C)c(NCc4ccc(Cl)c(Cl)c4)cc(C(=O)N4OC(=O)[C@H](C(C)C)N(C)C(=O)CCNC(=O)[C@@H]5CCCN5C(=O)[C@H](C(C)C)NC(=O)[C@@H]4[C@@H](C)O)c3nc-2c(C(=O)N2OC(=O)[C@H](C(C)C)N(C)C(=O)CCNC(=O)[C@@H]3CCCN3C(=O)[C@H](C(C)C)NC(=O)[C@@H]2[C@@H](C)O)c(N)c1=O. The number of nitrogens with one attached hydrogen (secondary N) is 5. The number of benzene rings is 3. The normalized spacial score (nSPS) is 23.8. The molecule has 31 nitrogen and oxygen atoms in total. The zero-order valence-electron chi connectivity index (χ0n) is 59.6. The van der Waals surface area contributed by atoms with Crippen molar-refractivity contribution in [3.05, 3.63) is 72.4 Å². The van der Waals surface area contributed by atoms with Crippen LogP contribution in [-0.2, 0) is 64.2 Å². The largest absolute Gasteiger partial charge is 0.452 e. The van der Waals surface area contributed by atoms with E-state index in [1.165, 1.54) is 63.7 Å². The molecule has 10 amide bonds. The van der Waals surface area contributed by atoms with Crippen molar-refractivity contribution < 1.29 is 81.8 Å². The Kier molecular flexibility index (Phi) is 25.0. The van der Waals surface area contributed by atoms with E-state index in [1.54, 1.807) is 53.7 Å². The highest BCUT2D eigenvalue weighted by atomic mass is 35.5. The number of nitrogen functional groups attached to an aromatic ring is 1. The van der Waals surface area contributed by atoms with E-state index < -0.39 is 194 Å². The van der Waals surface area contributed by atoms with E-state index in [0.29, 0.717) is 18.4 Å². The molecule has 1 aliphatic carbocycles. The molecule has 9 N–H and O–H groups in total. The first kappa shape index (κ1) is 78.5. The molecule has 102 heavy (non-hydrogen) atoms. The van der Waals surface area contributed by atoms with Crippen molar-refractivity contribution in [3.63, 3.8) is 0 Å². The predicted molar refractivity (Wildman–Crippen MR) is 371 cm³/mol. The molecule has 4 saturated heterocycles. The number of aliphatic hydroxyl groups excluding tert-OH is 2. The smallest absolute Gasteiger partial charge is 0.355 e. The topological polar surface area (TPSA) is 412 Å². The molecule has 0 radical (unpaired) electrons. The van der Waals surface area contributed by atoms with Gasteiger partial charge in [0.1, 0.15) is 47.5 Å².